The Hall–Kier alpha value is -6.51. The Morgan fingerprint density at radius 2 is 0.956 bits per heavy atom. The molecule has 4 aromatic carbocycles. The van der Waals surface area contributed by atoms with Crippen LogP contribution >= 0.6 is 0 Å². The Balaban J connectivity index is 1.61. The summed E-state index contributed by atoms with van der Waals surface area (Å²) in [5.74, 6) is 6.94. The fraction of sp³-hybridized carbons (Fsp3) is 0. The maximum Gasteiger partial charge on any atom is 0.335 e. The van der Waals surface area contributed by atoms with Gasteiger partial charge in [-0.1, -0.05) is 55.6 Å². The van der Waals surface area contributed by atoms with Crippen LogP contribution in [0.15, 0.2) is 117 Å². The average molecular weight is 601 g/mol. The zero-order valence-corrected chi connectivity index (χ0v) is 23.6. The maximum atomic E-state index is 15.5. The standard InChI is InChI=1S/C37H22F2O6/c1-4-32(40)43-29-19-12-25(13-20-29)8-7-24-9-16-27(17-10-24)35-31(45-34(42)6-3)23-28(36(38)37(35)39)18-11-26-14-21-30(22-15-26)44-33(41)5-2/h4-6,9-10,12-17,19-23H,1-3H2. The van der Waals surface area contributed by atoms with E-state index in [0.717, 1.165) is 24.3 Å². The molecule has 0 unspecified atom stereocenters. The van der Waals surface area contributed by atoms with Gasteiger partial charge in [-0.25, -0.2) is 23.2 Å². The van der Waals surface area contributed by atoms with Crippen molar-refractivity contribution in [1.29, 1.82) is 0 Å². The van der Waals surface area contributed by atoms with Crippen LogP contribution in [0.4, 0.5) is 8.78 Å². The molecule has 0 saturated heterocycles. The molecule has 0 bridgehead atoms. The SMILES string of the molecule is C=CC(=O)Oc1ccc(C#Cc2ccc(-c3c(OC(=O)C=C)cc(C#Cc4ccc(OC(=O)C=C)cc4)c(F)c3F)cc2)cc1. The fourth-order valence-corrected chi connectivity index (χ4v) is 3.73. The van der Waals surface area contributed by atoms with Crippen molar-refractivity contribution in [3.05, 3.63) is 151 Å². The van der Waals surface area contributed by atoms with Crippen LogP contribution < -0.4 is 14.2 Å². The van der Waals surface area contributed by atoms with E-state index >= 15 is 8.78 Å². The molecule has 4 rings (SSSR count). The van der Waals surface area contributed by atoms with Crippen molar-refractivity contribution in [1.82, 2.24) is 0 Å². The predicted molar refractivity (Wildman–Crippen MR) is 164 cm³/mol. The first-order valence-electron chi connectivity index (χ1n) is 13.1. The lowest BCUT2D eigenvalue weighted by molar-refractivity contribution is -0.129. The van der Waals surface area contributed by atoms with Crippen molar-refractivity contribution < 1.29 is 37.4 Å². The molecule has 0 heterocycles. The Morgan fingerprint density at radius 1 is 0.556 bits per heavy atom. The first-order chi connectivity index (χ1) is 21.7. The zero-order valence-electron chi connectivity index (χ0n) is 23.6. The van der Waals surface area contributed by atoms with E-state index in [1.54, 1.807) is 36.4 Å². The summed E-state index contributed by atoms with van der Waals surface area (Å²) in [6.07, 6.45) is 2.97. The summed E-state index contributed by atoms with van der Waals surface area (Å²) in [4.78, 5) is 34.7. The highest BCUT2D eigenvalue weighted by Gasteiger charge is 2.22. The van der Waals surface area contributed by atoms with E-state index in [2.05, 4.69) is 43.4 Å². The molecule has 0 atom stereocenters. The fourth-order valence-electron chi connectivity index (χ4n) is 3.73. The van der Waals surface area contributed by atoms with Crippen LogP contribution in [0.3, 0.4) is 0 Å². The van der Waals surface area contributed by atoms with Crippen LogP contribution in [0, 0.1) is 35.3 Å². The Kier molecular flexibility index (Phi) is 10.2. The summed E-state index contributed by atoms with van der Waals surface area (Å²) in [6, 6.07) is 19.9. The summed E-state index contributed by atoms with van der Waals surface area (Å²) in [5, 5.41) is 0. The predicted octanol–water partition coefficient (Wildman–Crippen LogP) is 6.71. The number of ether oxygens (including phenoxy) is 3. The van der Waals surface area contributed by atoms with E-state index in [1.165, 1.54) is 36.4 Å². The molecule has 0 aliphatic carbocycles. The van der Waals surface area contributed by atoms with Crippen LogP contribution in [-0.2, 0) is 14.4 Å². The largest absolute Gasteiger partial charge is 0.423 e. The highest BCUT2D eigenvalue weighted by atomic mass is 19.2. The highest BCUT2D eigenvalue weighted by Crippen LogP contribution is 2.36. The molecule has 0 spiro atoms. The summed E-state index contributed by atoms with van der Waals surface area (Å²) < 4.78 is 46.1. The Labute approximate surface area is 257 Å². The van der Waals surface area contributed by atoms with Gasteiger partial charge in [0.25, 0.3) is 0 Å². The van der Waals surface area contributed by atoms with Crippen LogP contribution in [0.1, 0.15) is 22.3 Å². The lowest BCUT2D eigenvalue weighted by atomic mass is 9.99. The number of rotatable bonds is 7. The molecule has 0 aliphatic rings. The van der Waals surface area contributed by atoms with Gasteiger partial charge in [0.1, 0.15) is 17.2 Å². The monoisotopic (exact) mass is 600 g/mol. The van der Waals surface area contributed by atoms with E-state index < -0.39 is 29.5 Å². The number of carbonyl (C=O) groups is 3. The molecular weight excluding hydrogens is 578 g/mol. The highest BCUT2D eigenvalue weighted by molar-refractivity contribution is 5.86. The number of carbonyl (C=O) groups excluding carboxylic acids is 3. The normalized spacial score (nSPS) is 9.73. The first kappa shape index (κ1) is 31.4. The van der Waals surface area contributed by atoms with Gasteiger partial charge < -0.3 is 14.2 Å². The van der Waals surface area contributed by atoms with E-state index in [1.807, 2.05) is 0 Å². The van der Waals surface area contributed by atoms with Gasteiger partial charge in [-0.3, -0.25) is 0 Å². The van der Waals surface area contributed by atoms with Crippen molar-refractivity contribution in [3.63, 3.8) is 0 Å². The van der Waals surface area contributed by atoms with Crippen molar-refractivity contribution >= 4 is 17.9 Å². The van der Waals surface area contributed by atoms with Crippen LogP contribution in [0.5, 0.6) is 17.2 Å². The second-order valence-corrected chi connectivity index (χ2v) is 8.93. The molecule has 0 radical (unpaired) electrons. The Bertz CT molecular complexity index is 1930. The minimum atomic E-state index is -1.27. The molecule has 8 heteroatoms. The summed E-state index contributed by atoms with van der Waals surface area (Å²) in [5.41, 5.74) is 1.23. The molecule has 0 amide bonds. The molecule has 45 heavy (non-hydrogen) atoms. The first-order valence-corrected chi connectivity index (χ1v) is 13.1. The van der Waals surface area contributed by atoms with E-state index in [-0.39, 0.29) is 28.2 Å². The van der Waals surface area contributed by atoms with Gasteiger partial charge in [0.05, 0.1) is 11.1 Å². The molecule has 0 N–H and O–H groups in total. The second-order valence-electron chi connectivity index (χ2n) is 8.93. The van der Waals surface area contributed by atoms with E-state index in [0.29, 0.717) is 22.4 Å². The van der Waals surface area contributed by atoms with E-state index in [4.69, 9.17) is 14.2 Å². The van der Waals surface area contributed by atoms with Crippen LogP contribution in [0.2, 0.25) is 0 Å². The smallest absolute Gasteiger partial charge is 0.335 e. The molecule has 0 aromatic heterocycles. The zero-order chi connectivity index (χ0) is 32.3. The molecule has 4 aromatic rings. The summed E-state index contributed by atoms with van der Waals surface area (Å²) in [6.45, 7) is 10.0. The molecule has 0 saturated carbocycles. The van der Waals surface area contributed by atoms with Gasteiger partial charge in [-0.2, -0.15) is 0 Å². The number of halogens is 2. The van der Waals surface area contributed by atoms with Crippen LogP contribution in [0.25, 0.3) is 11.1 Å². The second kappa shape index (κ2) is 14.6. The number of benzene rings is 4. The van der Waals surface area contributed by atoms with Crippen LogP contribution in [-0.4, -0.2) is 17.9 Å². The van der Waals surface area contributed by atoms with Gasteiger partial charge in [-0.15, -0.1) is 0 Å². The molecular formula is C37H22F2O6. The molecule has 6 nitrogen and oxygen atoms in total. The number of hydrogen-bond acceptors (Lipinski definition) is 6. The maximum absolute atomic E-state index is 15.5. The lowest BCUT2D eigenvalue weighted by Gasteiger charge is -2.13. The average Bonchev–Trinajstić information content (AvgIpc) is 3.06. The van der Waals surface area contributed by atoms with Crippen molar-refractivity contribution in [2.75, 3.05) is 0 Å². The summed E-state index contributed by atoms with van der Waals surface area (Å²) in [7, 11) is 0. The third-order valence-electron chi connectivity index (χ3n) is 5.89. The third kappa shape index (κ3) is 8.29. The number of esters is 3. The minimum absolute atomic E-state index is 0.223. The van der Waals surface area contributed by atoms with Gasteiger partial charge >= 0.3 is 17.9 Å². The van der Waals surface area contributed by atoms with Gasteiger partial charge in [0, 0.05) is 41.0 Å². The van der Waals surface area contributed by atoms with E-state index in [9.17, 15) is 14.4 Å². The lowest BCUT2D eigenvalue weighted by Crippen LogP contribution is -2.07. The number of hydrogen-bond donors (Lipinski definition) is 0. The van der Waals surface area contributed by atoms with Crippen molar-refractivity contribution in [2.45, 2.75) is 0 Å². The topological polar surface area (TPSA) is 78.9 Å². The minimum Gasteiger partial charge on any atom is -0.423 e. The van der Waals surface area contributed by atoms with Gasteiger partial charge in [0.2, 0.25) is 0 Å². The quantitative estimate of drug-likeness (QED) is 0.102. The van der Waals surface area contributed by atoms with Crippen molar-refractivity contribution in [2.24, 2.45) is 0 Å². The molecule has 0 aliphatic heterocycles. The molecule has 0 fully saturated rings. The van der Waals surface area contributed by atoms with Gasteiger partial charge in [0.15, 0.2) is 11.6 Å². The molecule has 220 valence electrons. The van der Waals surface area contributed by atoms with Crippen molar-refractivity contribution in [3.8, 4) is 52.1 Å². The Morgan fingerprint density at radius 3 is 1.40 bits per heavy atom. The summed E-state index contributed by atoms with van der Waals surface area (Å²) >= 11 is 0. The van der Waals surface area contributed by atoms with Gasteiger partial charge in [-0.05, 0) is 66.2 Å². The third-order valence-corrected chi connectivity index (χ3v) is 5.89.